The van der Waals surface area contributed by atoms with Crippen LogP contribution in [-0.4, -0.2) is 39.7 Å². The quantitative estimate of drug-likeness (QED) is 0.671. The van der Waals surface area contributed by atoms with E-state index in [2.05, 4.69) is 45.8 Å². The maximum Gasteiger partial charge on any atom is 0.251 e. The fourth-order valence-corrected chi connectivity index (χ4v) is 4.72. The summed E-state index contributed by atoms with van der Waals surface area (Å²) in [4.78, 5) is 16.5. The number of carbonyl (C=O) groups is 1. The van der Waals surface area contributed by atoms with E-state index >= 15 is 0 Å². The van der Waals surface area contributed by atoms with E-state index in [4.69, 9.17) is 0 Å². The van der Waals surface area contributed by atoms with Crippen LogP contribution in [0.25, 0.3) is 0 Å². The smallest absolute Gasteiger partial charge is 0.251 e. The second-order valence-electron chi connectivity index (χ2n) is 7.91. The van der Waals surface area contributed by atoms with E-state index in [0.717, 1.165) is 61.5 Å². The van der Waals surface area contributed by atoms with Crippen LogP contribution in [0.1, 0.15) is 45.0 Å². The first-order chi connectivity index (χ1) is 14.1. The molecule has 1 aromatic carbocycles. The van der Waals surface area contributed by atoms with Crippen molar-refractivity contribution in [1.82, 2.24) is 20.0 Å². The number of nitrogens with one attached hydrogen (secondary N) is 1. The van der Waals surface area contributed by atoms with Crippen molar-refractivity contribution in [3.63, 3.8) is 0 Å². The number of hydrogen-bond donors (Lipinski definition) is 1. The summed E-state index contributed by atoms with van der Waals surface area (Å²) in [5.74, 6) is 0.0191. The third-order valence-corrected chi connectivity index (χ3v) is 6.31. The van der Waals surface area contributed by atoms with Gasteiger partial charge in [-0.15, -0.1) is 11.3 Å². The van der Waals surface area contributed by atoms with Crippen molar-refractivity contribution in [1.29, 1.82) is 0 Å². The Balaban J connectivity index is 1.32. The molecule has 1 N–H and O–H groups in total. The Morgan fingerprint density at radius 3 is 2.72 bits per heavy atom. The summed E-state index contributed by atoms with van der Waals surface area (Å²) in [5, 5.41) is 9.86. The summed E-state index contributed by atoms with van der Waals surface area (Å²) in [5.41, 5.74) is 4.04. The number of nitrogens with zero attached hydrogens (tertiary/aromatic N) is 3. The molecule has 1 fully saturated rings. The van der Waals surface area contributed by atoms with Crippen LogP contribution >= 0.6 is 11.3 Å². The monoisotopic (exact) mass is 408 g/mol. The molecule has 3 aromatic rings. The molecule has 0 radical (unpaired) electrons. The van der Waals surface area contributed by atoms with Crippen LogP contribution in [0.3, 0.4) is 0 Å². The number of aromatic nitrogens is 2. The van der Waals surface area contributed by atoms with Gasteiger partial charge in [-0.3, -0.25) is 14.4 Å². The summed E-state index contributed by atoms with van der Waals surface area (Å²) < 4.78 is 1.99. The number of amides is 1. The van der Waals surface area contributed by atoms with Gasteiger partial charge in [-0.25, -0.2) is 0 Å². The van der Waals surface area contributed by atoms with Crippen LogP contribution < -0.4 is 5.32 Å². The Morgan fingerprint density at radius 2 is 2.03 bits per heavy atom. The average Bonchev–Trinajstić information content (AvgIpc) is 3.32. The molecule has 1 amide bonds. The zero-order valence-electron chi connectivity index (χ0n) is 17.1. The third-order valence-electron chi connectivity index (χ3n) is 5.45. The predicted molar refractivity (Wildman–Crippen MR) is 117 cm³/mol. The maximum atomic E-state index is 12.7. The number of benzene rings is 1. The summed E-state index contributed by atoms with van der Waals surface area (Å²) in [7, 11) is 0. The fraction of sp³-hybridized carbons (Fsp3) is 0.391. The van der Waals surface area contributed by atoms with Gasteiger partial charge in [0.05, 0.1) is 12.2 Å². The van der Waals surface area contributed by atoms with Gasteiger partial charge in [0.2, 0.25) is 0 Å². The minimum absolute atomic E-state index is 0.0191. The Morgan fingerprint density at radius 1 is 1.21 bits per heavy atom. The second-order valence-corrected chi connectivity index (χ2v) is 8.94. The molecule has 1 aliphatic rings. The van der Waals surface area contributed by atoms with Crippen LogP contribution in [-0.2, 0) is 13.1 Å². The van der Waals surface area contributed by atoms with Gasteiger partial charge in [-0.2, -0.15) is 5.10 Å². The highest BCUT2D eigenvalue weighted by atomic mass is 32.1. The van der Waals surface area contributed by atoms with Crippen LogP contribution in [0.4, 0.5) is 0 Å². The lowest BCUT2D eigenvalue weighted by molar-refractivity contribution is 0.0901. The minimum Gasteiger partial charge on any atom is -0.348 e. The van der Waals surface area contributed by atoms with E-state index in [-0.39, 0.29) is 11.9 Å². The van der Waals surface area contributed by atoms with Gasteiger partial charge in [0.15, 0.2) is 0 Å². The number of rotatable bonds is 6. The van der Waals surface area contributed by atoms with Crippen molar-refractivity contribution in [2.45, 2.75) is 45.8 Å². The van der Waals surface area contributed by atoms with E-state index in [1.54, 1.807) is 11.3 Å². The van der Waals surface area contributed by atoms with Gasteiger partial charge < -0.3 is 5.32 Å². The molecule has 6 heteroatoms. The van der Waals surface area contributed by atoms with Crippen molar-refractivity contribution in [2.24, 2.45) is 0 Å². The number of carbonyl (C=O) groups excluding carboxylic acids is 1. The lowest BCUT2D eigenvalue weighted by atomic mass is 10.0. The van der Waals surface area contributed by atoms with Crippen molar-refractivity contribution < 1.29 is 4.79 Å². The van der Waals surface area contributed by atoms with Crippen LogP contribution in [0.15, 0.2) is 47.8 Å². The Labute approximate surface area is 176 Å². The first kappa shape index (κ1) is 19.9. The number of aryl methyl sites for hydroxylation is 2. The molecule has 3 heterocycles. The van der Waals surface area contributed by atoms with Crippen LogP contribution in [0.5, 0.6) is 0 Å². The van der Waals surface area contributed by atoms with E-state index in [9.17, 15) is 4.79 Å². The lowest BCUT2D eigenvalue weighted by Gasteiger charge is -2.32. The van der Waals surface area contributed by atoms with Crippen LogP contribution in [0.2, 0.25) is 0 Å². The van der Waals surface area contributed by atoms with Crippen molar-refractivity contribution in [2.75, 3.05) is 13.1 Å². The third kappa shape index (κ3) is 5.14. The summed E-state index contributed by atoms with van der Waals surface area (Å²) >= 11 is 1.80. The topological polar surface area (TPSA) is 50.2 Å². The standard InChI is InChI=1S/C23H28N4OS/c1-17-13-18(2)27(25-17)14-19-7-9-20(10-8-19)23(28)24-21-5-3-11-26(15-21)16-22-6-4-12-29-22/h4,6-10,12-13,21H,3,5,11,14-16H2,1-2H3,(H,24,28). The largest absolute Gasteiger partial charge is 0.348 e. The molecule has 2 aromatic heterocycles. The van der Waals surface area contributed by atoms with E-state index < -0.39 is 0 Å². The highest BCUT2D eigenvalue weighted by Gasteiger charge is 2.22. The van der Waals surface area contributed by atoms with Gasteiger partial charge in [0.1, 0.15) is 0 Å². The van der Waals surface area contributed by atoms with Gasteiger partial charge >= 0.3 is 0 Å². The molecule has 0 saturated carbocycles. The molecular formula is C23H28N4OS. The molecule has 4 rings (SSSR count). The summed E-state index contributed by atoms with van der Waals surface area (Å²) in [6, 6.07) is 14.5. The van der Waals surface area contributed by atoms with Gasteiger partial charge in [0.25, 0.3) is 5.91 Å². The molecule has 0 spiro atoms. The minimum atomic E-state index is 0.0191. The van der Waals surface area contributed by atoms with Gasteiger partial charge in [-0.05, 0) is 68.4 Å². The van der Waals surface area contributed by atoms with E-state index in [1.807, 2.05) is 35.9 Å². The SMILES string of the molecule is Cc1cc(C)n(Cc2ccc(C(=O)NC3CCCN(Cc4cccs4)C3)cc2)n1. The molecule has 1 atom stereocenters. The first-order valence-corrected chi connectivity index (χ1v) is 11.1. The first-order valence-electron chi connectivity index (χ1n) is 10.2. The number of piperidine rings is 1. The molecule has 1 saturated heterocycles. The molecule has 0 aliphatic carbocycles. The fourth-order valence-electron chi connectivity index (χ4n) is 3.98. The van der Waals surface area contributed by atoms with Crippen molar-refractivity contribution in [3.8, 4) is 0 Å². The zero-order chi connectivity index (χ0) is 20.2. The second kappa shape index (κ2) is 8.93. The summed E-state index contributed by atoms with van der Waals surface area (Å²) in [6.07, 6.45) is 2.17. The van der Waals surface area contributed by atoms with E-state index in [1.165, 1.54) is 4.88 Å². The molecule has 0 bridgehead atoms. The maximum absolute atomic E-state index is 12.7. The predicted octanol–water partition coefficient (Wildman–Crippen LogP) is 4.00. The Bertz CT molecular complexity index is 946. The van der Waals surface area contributed by atoms with Crippen molar-refractivity contribution in [3.05, 3.63) is 75.2 Å². The molecule has 1 aliphatic heterocycles. The average molecular weight is 409 g/mol. The normalized spacial score (nSPS) is 17.4. The molecule has 1 unspecified atom stereocenters. The number of likely N-dealkylation sites (tertiary alicyclic amines) is 1. The van der Waals surface area contributed by atoms with Crippen molar-refractivity contribution >= 4 is 17.2 Å². The number of thiophene rings is 1. The summed E-state index contributed by atoms with van der Waals surface area (Å²) in [6.45, 7) is 7.79. The zero-order valence-corrected chi connectivity index (χ0v) is 17.9. The lowest BCUT2D eigenvalue weighted by Crippen LogP contribution is -2.47. The highest BCUT2D eigenvalue weighted by molar-refractivity contribution is 7.09. The molecular weight excluding hydrogens is 380 g/mol. The van der Waals surface area contributed by atoms with Gasteiger partial charge in [-0.1, -0.05) is 18.2 Å². The van der Waals surface area contributed by atoms with E-state index in [0.29, 0.717) is 0 Å². The number of hydrogen-bond acceptors (Lipinski definition) is 4. The molecule has 5 nitrogen and oxygen atoms in total. The Kier molecular flexibility index (Phi) is 6.11. The van der Waals surface area contributed by atoms with Gasteiger partial charge in [0, 0.05) is 35.3 Å². The molecule has 29 heavy (non-hydrogen) atoms. The van der Waals surface area contributed by atoms with Crippen LogP contribution in [0, 0.1) is 13.8 Å². The highest BCUT2D eigenvalue weighted by Crippen LogP contribution is 2.17. The Hall–Kier alpha value is -2.44. The molecule has 152 valence electrons.